The number of benzene rings is 2. The number of hydrogen-bond acceptors (Lipinski definition) is 1. The maximum atomic E-state index is 5.65. The Morgan fingerprint density at radius 3 is 1.68 bits per heavy atom. The van der Waals surface area contributed by atoms with Crippen LogP contribution in [0, 0.1) is 23.7 Å². The molecule has 0 aliphatic carbocycles. The molecule has 0 saturated carbocycles. The van der Waals surface area contributed by atoms with Gasteiger partial charge in [-0.3, -0.25) is 0 Å². The van der Waals surface area contributed by atoms with Crippen molar-refractivity contribution in [2.45, 2.75) is 103 Å². The molecule has 0 bridgehead atoms. The lowest BCUT2D eigenvalue weighted by Gasteiger charge is -2.35. The second kappa shape index (κ2) is 16.9. The van der Waals surface area contributed by atoms with E-state index < -0.39 is 0 Å². The van der Waals surface area contributed by atoms with Gasteiger partial charge in [-0.2, -0.15) is 0 Å². The molecule has 2 rings (SSSR count). The molecule has 0 aliphatic rings. The molecule has 1 unspecified atom stereocenters. The predicted octanol–water partition coefficient (Wildman–Crippen LogP) is 10.1. The van der Waals surface area contributed by atoms with Crippen LogP contribution in [0.5, 0.6) is 5.75 Å². The highest BCUT2D eigenvalue weighted by molar-refractivity contribution is 5.26. The molecule has 0 amide bonds. The van der Waals surface area contributed by atoms with E-state index in [-0.39, 0.29) is 0 Å². The normalized spacial score (nSPS) is 11.5. The summed E-state index contributed by atoms with van der Waals surface area (Å²) in [7, 11) is 0. The van der Waals surface area contributed by atoms with E-state index in [1.807, 2.05) is 58.0 Å². The van der Waals surface area contributed by atoms with Gasteiger partial charge in [0.1, 0.15) is 12.4 Å². The molecular formula is C30H52O. The largest absolute Gasteiger partial charge is 0.489 e. The van der Waals surface area contributed by atoms with Crippen molar-refractivity contribution in [3.05, 3.63) is 65.7 Å². The van der Waals surface area contributed by atoms with Crippen LogP contribution in [-0.4, -0.2) is 0 Å². The number of rotatable bonds is 6. The summed E-state index contributed by atoms with van der Waals surface area (Å²) in [5, 5.41) is 0. The first-order chi connectivity index (χ1) is 14.5. The van der Waals surface area contributed by atoms with Gasteiger partial charge in [-0.1, -0.05) is 131 Å². The van der Waals surface area contributed by atoms with E-state index in [2.05, 4.69) is 79.7 Å². The van der Waals surface area contributed by atoms with E-state index in [1.54, 1.807) is 0 Å². The fourth-order valence-corrected chi connectivity index (χ4v) is 2.92. The Morgan fingerprint density at radius 1 is 0.774 bits per heavy atom. The summed E-state index contributed by atoms with van der Waals surface area (Å²) in [4.78, 5) is 0. The van der Waals surface area contributed by atoms with Crippen molar-refractivity contribution in [2.75, 3.05) is 0 Å². The molecule has 2 aromatic rings. The Hall–Kier alpha value is -1.76. The minimum Gasteiger partial charge on any atom is -0.489 e. The van der Waals surface area contributed by atoms with E-state index in [0.29, 0.717) is 17.4 Å². The van der Waals surface area contributed by atoms with Crippen LogP contribution in [0.25, 0.3) is 0 Å². The van der Waals surface area contributed by atoms with Gasteiger partial charge in [0.05, 0.1) is 0 Å². The summed E-state index contributed by atoms with van der Waals surface area (Å²) in [6.07, 6.45) is 2.61. The Balaban J connectivity index is 0. The fourth-order valence-electron chi connectivity index (χ4n) is 2.92. The third-order valence-electron chi connectivity index (χ3n) is 5.43. The van der Waals surface area contributed by atoms with Gasteiger partial charge >= 0.3 is 0 Å². The molecule has 0 radical (unpaired) electrons. The number of hydrogen-bond donors (Lipinski definition) is 0. The molecule has 0 aliphatic heterocycles. The maximum Gasteiger partial charge on any atom is 0.119 e. The molecule has 1 heteroatoms. The van der Waals surface area contributed by atoms with E-state index in [4.69, 9.17) is 4.74 Å². The lowest BCUT2D eigenvalue weighted by Crippen LogP contribution is -2.25. The van der Waals surface area contributed by atoms with Gasteiger partial charge in [-0.25, -0.2) is 0 Å². The summed E-state index contributed by atoms with van der Waals surface area (Å²) >= 11 is 0. The van der Waals surface area contributed by atoms with Gasteiger partial charge in [0.15, 0.2) is 0 Å². The predicted molar refractivity (Wildman–Crippen MR) is 142 cm³/mol. The van der Waals surface area contributed by atoms with Crippen molar-refractivity contribution in [3.63, 3.8) is 0 Å². The van der Waals surface area contributed by atoms with Crippen LogP contribution in [0.2, 0.25) is 0 Å². The average Bonchev–Trinajstić information content (AvgIpc) is 2.76. The molecule has 0 spiro atoms. The van der Waals surface area contributed by atoms with Crippen LogP contribution in [0.3, 0.4) is 0 Å². The average molecular weight is 429 g/mol. The molecule has 178 valence electrons. The summed E-state index contributed by atoms with van der Waals surface area (Å²) < 4.78 is 5.65. The Labute approximate surface area is 195 Å². The van der Waals surface area contributed by atoms with Gasteiger partial charge < -0.3 is 4.74 Å². The van der Waals surface area contributed by atoms with Crippen molar-refractivity contribution in [1.29, 1.82) is 0 Å². The van der Waals surface area contributed by atoms with Crippen molar-refractivity contribution < 1.29 is 4.74 Å². The lowest BCUT2D eigenvalue weighted by molar-refractivity contribution is 0.158. The zero-order valence-corrected chi connectivity index (χ0v) is 22.8. The first kappa shape index (κ1) is 31.4. The SMILES string of the molecule is CC.CC.CCC(C)(C)C(C)CC(C)(C)C.Cc1ccc(OCc2ccccc2)cc1. The number of ether oxygens (including phenoxy) is 1. The zero-order chi connectivity index (χ0) is 24.5. The molecule has 0 fully saturated rings. The molecule has 0 saturated heterocycles. The zero-order valence-electron chi connectivity index (χ0n) is 22.8. The fraction of sp³-hybridized carbons (Fsp3) is 0.600. The van der Waals surface area contributed by atoms with E-state index >= 15 is 0 Å². The molecule has 0 heterocycles. The summed E-state index contributed by atoms with van der Waals surface area (Å²) in [5.41, 5.74) is 3.43. The van der Waals surface area contributed by atoms with Crippen LogP contribution < -0.4 is 4.74 Å². The first-order valence-electron chi connectivity index (χ1n) is 12.3. The molecule has 2 aromatic carbocycles. The van der Waals surface area contributed by atoms with E-state index in [9.17, 15) is 0 Å². The molecule has 1 nitrogen and oxygen atoms in total. The highest BCUT2D eigenvalue weighted by atomic mass is 16.5. The molecule has 1 atom stereocenters. The molecule has 0 N–H and O–H groups in total. The third kappa shape index (κ3) is 15.7. The first-order valence-corrected chi connectivity index (χ1v) is 12.3. The minimum absolute atomic E-state index is 0.478. The Bertz CT molecular complexity index is 632. The van der Waals surface area contributed by atoms with Crippen molar-refractivity contribution in [2.24, 2.45) is 16.7 Å². The van der Waals surface area contributed by atoms with Crippen molar-refractivity contribution in [1.82, 2.24) is 0 Å². The maximum absolute atomic E-state index is 5.65. The quantitative estimate of drug-likeness (QED) is 0.444. The highest BCUT2D eigenvalue weighted by Crippen LogP contribution is 2.37. The van der Waals surface area contributed by atoms with Gasteiger partial charge in [-0.15, -0.1) is 0 Å². The van der Waals surface area contributed by atoms with Crippen LogP contribution in [0.15, 0.2) is 54.6 Å². The summed E-state index contributed by atoms with van der Waals surface area (Å²) in [5.74, 6) is 1.74. The lowest BCUT2D eigenvalue weighted by atomic mass is 9.71. The highest BCUT2D eigenvalue weighted by Gasteiger charge is 2.27. The minimum atomic E-state index is 0.478. The Kier molecular flexibility index (Phi) is 17.1. The topological polar surface area (TPSA) is 9.23 Å². The Morgan fingerprint density at radius 2 is 1.26 bits per heavy atom. The third-order valence-corrected chi connectivity index (χ3v) is 5.43. The van der Waals surface area contributed by atoms with Gasteiger partial charge in [-0.05, 0) is 47.8 Å². The monoisotopic (exact) mass is 428 g/mol. The van der Waals surface area contributed by atoms with E-state index in [0.717, 1.165) is 11.7 Å². The second-order valence-electron chi connectivity index (χ2n) is 9.60. The van der Waals surface area contributed by atoms with Crippen molar-refractivity contribution in [3.8, 4) is 5.75 Å². The van der Waals surface area contributed by atoms with Crippen LogP contribution >= 0.6 is 0 Å². The second-order valence-corrected chi connectivity index (χ2v) is 9.60. The van der Waals surface area contributed by atoms with E-state index in [1.165, 1.54) is 24.0 Å². The smallest absolute Gasteiger partial charge is 0.119 e. The summed E-state index contributed by atoms with van der Waals surface area (Å²) in [6.45, 7) is 27.1. The van der Waals surface area contributed by atoms with Crippen LogP contribution in [-0.2, 0) is 6.61 Å². The van der Waals surface area contributed by atoms with Crippen molar-refractivity contribution >= 4 is 0 Å². The van der Waals surface area contributed by atoms with Gasteiger partial charge in [0.25, 0.3) is 0 Å². The molecular weight excluding hydrogens is 376 g/mol. The van der Waals surface area contributed by atoms with Gasteiger partial charge in [0, 0.05) is 0 Å². The van der Waals surface area contributed by atoms with Crippen LogP contribution in [0.4, 0.5) is 0 Å². The standard InChI is InChI=1S/C14H14O.C12H26.2C2H6/c1-12-7-9-14(10-8-12)15-11-13-5-3-2-4-6-13;1-8-12(6,7)10(2)9-11(3,4)5;2*1-2/h2-10H,11H2,1H3;10H,8-9H2,1-7H3;2*1-2H3. The molecule has 31 heavy (non-hydrogen) atoms. The number of aryl methyl sites for hydroxylation is 1. The van der Waals surface area contributed by atoms with Gasteiger partial charge in [0.2, 0.25) is 0 Å². The van der Waals surface area contributed by atoms with Crippen LogP contribution in [0.1, 0.15) is 100 Å². The molecule has 0 aromatic heterocycles. The summed E-state index contributed by atoms with van der Waals surface area (Å²) in [6, 6.07) is 18.3.